The van der Waals surface area contributed by atoms with Gasteiger partial charge in [-0.1, -0.05) is 28.3 Å². The summed E-state index contributed by atoms with van der Waals surface area (Å²) in [5, 5.41) is 17.5. The summed E-state index contributed by atoms with van der Waals surface area (Å²) in [5.74, 6) is -2.29. The number of aromatic nitrogens is 4. The lowest BCUT2D eigenvalue weighted by molar-refractivity contribution is -0.173. The number of esters is 2. The maximum atomic E-state index is 13.6. The zero-order chi connectivity index (χ0) is 37.5. The van der Waals surface area contributed by atoms with Gasteiger partial charge in [0.25, 0.3) is 11.8 Å². The molecule has 0 saturated carbocycles. The van der Waals surface area contributed by atoms with Crippen molar-refractivity contribution in [1.29, 1.82) is 0 Å². The number of nitrogens with one attached hydrogen (secondary N) is 2. The van der Waals surface area contributed by atoms with Crippen molar-refractivity contribution in [3.63, 3.8) is 0 Å². The van der Waals surface area contributed by atoms with Gasteiger partial charge in [-0.2, -0.15) is 9.36 Å². The molecule has 0 aromatic carbocycles. The number of nitrogens with zero attached hydrogens (tertiary/aromatic N) is 6. The third-order valence-electron chi connectivity index (χ3n) is 6.50. The topological polar surface area (TPSA) is 240 Å². The Bertz CT molecular complexity index is 1700. The van der Waals surface area contributed by atoms with Crippen molar-refractivity contribution >= 4 is 87.1 Å². The Morgan fingerprint density at radius 3 is 2.49 bits per heavy atom. The molecule has 2 aromatic heterocycles. The highest BCUT2D eigenvalue weighted by molar-refractivity contribution is 8.01. The number of nitrogens with two attached hydrogens (primary N) is 1. The molecular weight excluding hydrogens is 747 g/mol. The summed E-state index contributed by atoms with van der Waals surface area (Å²) < 4.78 is 20.3. The number of hydrogen-bond acceptors (Lipinski definition) is 19. The number of ether oxygens (including phenoxy) is 3. The van der Waals surface area contributed by atoms with Crippen LogP contribution in [0.1, 0.15) is 58.8 Å². The van der Waals surface area contributed by atoms with E-state index in [2.05, 4.69) is 35.3 Å². The van der Waals surface area contributed by atoms with Crippen LogP contribution < -0.4 is 16.4 Å². The van der Waals surface area contributed by atoms with Gasteiger partial charge < -0.3 is 35.4 Å². The van der Waals surface area contributed by atoms with Gasteiger partial charge in [0.1, 0.15) is 34.3 Å². The van der Waals surface area contributed by atoms with E-state index in [1.165, 1.54) is 39.8 Å². The quantitative estimate of drug-likeness (QED) is 0.0474. The van der Waals surface area contributed by atoms with E-state index in [4.69, 9.17) is 24.8 Å². The second-order valence-electron chi connectivity index (χ2n) is 12.9. The molecule has 2 atom stereocenters. The normalized spacial score (nSPS) is 17.7. The number of hydrogen-bond donors (Lipinski definition) is 3. The van der Waals surface area contributed by atoms with Crippen molar-refractivity contribution in [1.82, 2.24) is 35.1 Å². The Labute approximate surface area is 310 Å². The van der Waals surface area contributed by atoms with Gasteiger partial charge in [0.2, 0.25) is 18.3 Å². The van der Waals surface area contributed by atoms with Gasteiger partial charge in [0, 0.05) is 36.0 Å². The van der Waals surface area contributed by atoms with Gasteiger partial charge >= 0.3 is 18.0 Å². The largest absolute Gasteiger partial charge is 0.444 e. The molecule has 1 fully saturated rings. The second-order valence-corrected chi connectivity index (χ2v) is 17.2. The summed E-state index contributed by atoms with van der Waals surface area (Å²) in [6.45, 7) is 11.6. The first-order chi connectivity index (χ1) is 23.9. The fourth-order valence-electron chi connectivity index (χ4n) is 4.17. The average molecular weight is 786 g/mol. The van der Waals surface area contributed by atoms with Crippen LogP contribution in [0.2, 0.25) is 0 Å². The number of β-lactam (4-membered cyclic amide) rings is 1. The molecule has 51 heavy (non-hydrogen) atoms. The van der Waals surface area contributed by atoms with Crippen LogP contribution in [0.3, 0.4) is 0 Å². The van der Waals surface area contributed by atoms with Gasteiger partial charge in [0.15, 0.2) is 9.47 Å². The van der Waals surface area contributed by atoms with Gasteiger partial charge in [-0.15, -0.1) is 22.0 Å². The lowest BCUT2D eigenvalue weighted by atomic mass is 9.98. The molecule has 0 spiro atoms. The van der Waals surface area contributed by atoms with E-state index in [9.17, 15) is 24.0 Å². The minimum absolute atomic E-state index is 0.000880. The van der Waals surface area contributed by atoms with Crippen LogP contribution in [0.4, 0.5) is 9.93 Å². The van der Waals surface area contributed by atoms with Gasteiger partial charge in [0.05, 0.1) is 5.41 Å². The first-order valence-corrected chi connectivity index (χ1v) is 19.1. The van der Waals surface area contributed by atoms with Crippen LogP contribution in [-0.2, 0) is 38.2 Å². The van der Waals surface area contributed by atoms with Crippen molar-refractivity contribution in [3.05, 3.63) is 22.1 Å². The van der Waals surface area contributed by atoms with E-state index in [0.717, 1.165) is 16.5 Å². The maximum Gasteiger partial charge on any atom is 0.407 e. The summed E-state index contributed by atoms with van der Waals surface area (Å²) in [4.78, 5) is 75.2. The van der Waals surface area contributed by atoms with Crippen LogP contribution in [0.5, 0.6) is 0 Å². The summed E-state index contributed by atoms with van der Waals surface area (Å²) in [7, 11) is 0. The smallest absolute Gasteiger partial charge is 0.407 e. The fourth-order valence-corrected chi connectivity index (χ4v) is 7.90. The molecule has 4 rings (SSSR count). The zero-order valence-corrected chi connectivity index (χ0v) is 32.2. The molecule has 4 N–H and O–H groups in total. The van der Waals surface area contributed by atoms with Crippen molar-refractivity contribution in [2.45, 2.75) is 76.2 Å². The second kappa shape index (κ2) is 17.0. The molecule has 2 aliphatic heterocycles. The number of anilines is 1. The molecule has 0 bridgehead atoms. The van der Waals surface area contributed by atoms with Crippen LogP contribution in [0.15, 0.2) is 20.8 Å². The minimum Gasteiger partial charge on any atom is -0.444 e. The predicted octanol–water partition coefficient (Wildman–Crippen LogP) is 2.45. The molecule has 4 heterocycles. The number of rotatable bonds is 14. The maximum absolute atomic E-state index is 13.6. The highest BCUT2D eigenvalue weighted by atomic mass is 32.2. The summed E-state index contributed by atoms with van der Waals surface area (Å²) in [6, 6.07) is -1.05. The number of fused-ring (bicyclic) bond motifs is 1. The number of amides is 3. The molecule has 1 unspecified atom stereocenters. The van der Waals surface area contributed by atoms with Crippen molar-refractivity contribution in [2.75, 3.05) is 37.2 Å². The predicted molar refractivity (Wildman–Crippen MR) is 190 cm³/mol. The lowest BCUT2D eigenvalue weighted by Crippen LogP contribution is -2.71. The molecule has 2 aromatic rings. The van der Waals surface area contributed by atoms with Crippen LogP contribution >= 0.6 is 46.4 Å². The average Bonchev–Trinajstić information content (AvgIpc) is 3.67. The Kier molecular flexibility index (Phi) is 13.3. The van der Waals surface area contributed by atoms with Crippen molar-refractivity contribution < 1.29 is 43.0 Å². The van der Waals surface area contributed by atoms with Gasteiger partial charge in [-0.05, 0) is 54.0 Å². The molecular formula is C29H39N9O9S4. The summed E-state index contributed by atoms with van der Waals surface area (Å²) in [5.41, 5.74) is 4.55. The van der Waals surface area contributed by atoms with E-state index >= 15 is 0 Å². The molecule has 0 aliphatic carbocycles. The number of oxime groups is 1. The first kappa shape index (κ1) is 39.8. The Hall–Kier alpha value is -4.02. The van der Waals surface area contributed by atoms with Gasteiger partial charge in [-0.3, -0.25) is 19.3 Å². The molecule has 278 valence electrons. The third-order valence-corrected chi connectivity index (χ3v) is 10.4. The number of carbonyl (C=O) groups is 5. The number of aryl methyl sites for hydroxylation is 1. The number of carbonyl (C=O) groups excluding carboxylic acids is 5. The highest BCUT2D eigenvalue weighted by Crippen LogP contribution is 2.42. The van der Waals surface area contributed by atoms with Gasteiger partial charge in [-0.25, -0.2) is 9.59 Å². The molecule has 18 nitrogen and oxygen atoms in total. The standard InChI is InChI=1S/C29H39N9O9S4/c1-14-34-35-27(50-14)49-12-15-11-48-22-17(21(40)38(22)18(15)23(41)44-13-45-24(42)28(2,3)4)32-20(39)16(19-33-25(30)51-37-19)36-46-10-8-9-31-26(43)47-29(5,6)7/h17,22H,8-13H2,1-7H3,(H,31,43)(H,32,39)(H2,30,33,37)/t17?,22-/m1/s1. The number of nitrogen functional groups attached to an aromatic ring is 1. The third kappa shape index (κ3) is 11.0. The van der Waals surface area contributed by atoms with Crippen LogP contribution in [0, 0.1) is 12.3 Å². The van der Waals surface area contributed by atoms with E-state index in [0.29, 0.717) is 27.8 Å². The van der Waals surface area contributed by atoms with Crippen LogP contribution in [0.25, 0.3) is 0 Å². The number of thioether (sulfide) groups is 2. The molecule has 22 heteroatoms. The fraction of sp³-hybridized carbons (Fsp3) is 0.586. The highest BCUT2D eigenvalue weighted by Gasteiger charge is 2.55. The minimum atomic E-state index is -1.05. The number of alkyl carbamates (subject to hydrolysis) is 1. The van der Waals surface area contributed by atoms with E-state index in [-0.39, 0.29) is 35.5 Å². The zero-order valence-electron chi connectivity index (χ0n) is 29.0. The van der Waals surface area contributed by atoms with Crippen LogP contribution in [-0.4, -0.2) is 108 Å². The Balaban J connectivity index is 1.44. The molecule has 0 radical (unpaired) electrons. The molecule has 2 aliphatic rings. The Morgan fingerprint density at radius 1 is 1.12 bits per heavy atom. The summed E-state index contributed by atoms with van der Waals surface area (Å²) in [6.07, 6.45) is -0.250. The van der Waals surface area contributed by atoms with E-state index < -0.39 is 59.1 Å². The molecule has 1 saturated heterocycles. The van der Waals surface area contributed by atoms with E-state index in [1.807, 2.05) is 6.92 Å². The van der Waals surface area contributed by atoms with Crippen molar-refractivity contribution in [2.24, 2.45) is 10.6 Å². The van der Waals surface area contributed by atoms with Crippen molar-refractivity contribution in [3.8, 4) is 0 Å². The molecule has 3 amide bonds. The lowest BCUT2D eigenvalue weighted by Gasteiger charge is -2.49. The van der Waals surface area contributed by atoms with E-state index in [1.54, 1.807) is 41.5 Å². The Morgan fingerprint density at radius 2 is 1.86 bits per heavy atom. The monoisotopic (exact) mass is 785 g/mol. The SMILES string of the molecule is Cc1nnc(SCC2=C(C(=O)OCOC(=O)C(C)(C)C)N3C(=O)C(NC(=O)C(=NOCCCNC(=O)OC(C)(C)C)c4nsc(N)n4)[C@H]3SC2)s1. The first-order valence-electron chi connectivity index (χ1n) is 15.5. The summed E-state index contributed by atoms with van der Waals surface area (Å²) >= 11 is 4.93.